The molecule has 4 amide bonds. The molecule has 4 heterocycles. The van der Waals surface area contributed by atoms with Crippen LogP contribution in [-0.4, -0.2) is 101 Å². The van der Waals surface area contributed by atoms with E-state index in [9.17, 15) is 37.6 Å². The standard InChI is InChI=1S/C49H56F4N8O7S2/c1-29-34(61-46(69)60(45(65)48(61,6)7)35-17-16-33(25-54)39(40(35)50)49(51,52)53)18-19-38(57-29)68-22-9-8-21-66-23-24-67-27-37(62)58-42(47(3,4)5)44(64)59-20-10-11-36(59)43(63)55-26-31-12-14-32(15-13-31)41-30(2)56-28-70-41/h12-19,28,36,42H,8-11,20-24,26-27H2,1-7H3,(H,55,63)(H,58,62)/t36-,42+/m0/s1. The summed E-state index contributed by atoms with van der Waals surface area (Å²) in [6.07, 6.45) is -2.80. The second-order valence-corrected chi connectivity index (χ2v) is 19.7. The minimum Gasteiger partial charge on any atom is -0.478 e. The number of carbonyl (C=O) groups is 4. The number of ether oxygens (including phenoxy) is 3. The minimum atomic E-state index is -5.20. The lowest BCUT2D eigenvalue weighted by Gasteiger charge is -2.35. The van der Waals surface area contributed by atoms with Crippen molar-refractivity contribution in [2.75, 3.05) is 49.4 Å². The molecule has 15 nitrogen and oxygen atoms in total. The fourth-order valence-corrected chi connectivity index (χ4v) is 9.53. The molecule has 2 aromatic heterocycles. The third kappa shape index (κ3) is 12.1. The number of aromatic nitrogens is 2. The number of likely N-dealkylation sites (tertiary alicyclic amines) is 1. The molecule has 2 fully saturated rings. The Kier molecular flexibility index (Phi) is 17.0. The van der Waals surface area contributed by atoms with E-state index in [2.05, 4.69) is 20.6 Å². The first kappa shape index (κ1) is 53.3. The summed E-state index contributed by atoms with van der Waals surface area (Å²) in [5.74, 6) is -3.33. The topological polar surface area (TPSA) is 179 Å². The second kappa shape index (κ2) is 22.3. The molecule has 2 aromatic carbocycles. The van der Waals surface area contributed by atoms with Gasteiger partial charge in [-0.15, -0.1) is 11.3 Å². The van der Waals surface area contributed by atoms with Gasteiger partial charge in [-0.3, -0.25) is 24.1 Å². The van der Waals surface area contributed by atoms with Crippen LogP contribution >= 0.6 is 23.6 Å². The Hall–Kier alpha value is -6.08. The number of halogens is 4. The summed E-state index contributed by atoms with van der Waals surface area (Å²) >= 11 is 7.12. The third-order valence-corrected chi connectivity index (χ3v) is 13.3. The van der Waals surface area contributed by atoms with Crippen molar-refractivity contribution in [1.82, 2.24) is 25.5 Å². The zero-order valence-corrected chi connectivity index (χ0v) is 41.6. The maximum Gasteiger partial charge on any atom is 0.420 e. The summed E-state index contributed by atoms with van der Waals surface area (Å²) < 4.78 is 73.8. The van der Waals surface area contributed by atoms with Gasteiger partial charge in [0.15, 0.2) is 10.9 Å². The van der Waals surface area contributed by atoms with Gasteiger partial charge in [-0.1, -0.05) is 45.0 Å². The van der Waals surface area contributed by atoms with Crippen molar-refractivity contribution in [2.24, 2.45) is 5.41 Å². The van der Waals surface area contributed by atoms with Crippen LogP contribution in [0.25, 0.3) is 10.4 Å². The second-order valence-electron chi connectivity index (χ2n) is 18.5. The number of hydrogen-bond donors (Lipinski definition) is 2. The molecule has 0 radical (unpaired) electrons. The molecule has 70 heavy (non-hydrogen) atoms. The van der Waals surface area contributed by atoms with Crippen LogP contribution in [0.4, 0.5) is 28.9 Å². The first-order valence-electron chi connectivity index (χ1n) is 22.7. The van der Waals surface area contributed by atoms with Gasteiger partial charge in [-0.25, -0.2) is 14.4 Å². The van der Waals surface area contributed by atoms with Crippen LogP contribution in [0.15, 0.2) is 54.0 Å². The van der Waals surface area contributed by atoms with E-state index >= 15 is 4.39 Å². The van der Waals surface area contributed by atoms with E-state index < -0.39 is 63.7 Å². The Bertz CT molecular complexity index is 2630. The Morgan fingerprint density at radius 2 is 1.66 bits per heavy atom. The number of nitrogens with one attached hydrogen (secondary N) is 2. The van der Waals surface area contributed by atoms with E-state index in [1.165, 1.54) is 24.8 Å². The smallest absolute Gasteiger partial charge is 0.420 e. The van der Waals surface area contributed by atoms with Gasteiger partial charge in [0.25, 0.3) is 5.91 Å². The maximum absolute atomic E-state index is 15.4. The van der Waals surface area contributed by atoms with Crippen molar-refractivity contribution in [3.63, 3.8) is 0 Å². The number of benzene rings is 2. The molecule has 6 rings (SSSR count). The molecule has 0 saturated carbocycles. The van der Waals surface area contributed by atoms with Crippen molar-refractivity contribution < 1.29 is 51.0 Å². The number of hydrogen-bond acceptors (Lipinski definition) is 12. The predicted molar refractivity (Wildman–Crippen MR) is 258 cm³/mol. The van der Waals surface area contributed by atoms with Crippen molar-refractivity contribution in [3.05, 3.63) is 87.9 Å². The summed E-state index contributed by atoms with van der Waals surface area (Å²) in [7, 11) is 0. The van der Waals surface area contributed by atoms with Gasteiger partial charge in [-0.2, -0.15) is 18.4 Å². The van der Waals surface area contributed by atoms with Crippen LogP contribution in [0.1, 0.15) is 88.4 Å². The number of aryl methyl sites for hydroxylation is 2. The summed E-state index contributed by atoms with van der Waals surface area (Å²) in [5.41, 5.74) is -0.0352. The first-order chi connectivity index (χ1) is 33.1. The van der Waals surface area contributed by atoms with Gasteiger partial charge in [-0.05, 0) is 100 Å². The number of amides is 4. The van der Waals surface area contributed by atoms with Crippen molar-refractivity contribution >= 4 is 63.7 Å². The number of unbranched alkanes of at least 4 members (excludes halogenated alkanes) is 1. The summed E-state index contributed by atoms with van der Waals surface area (Å²) in [4.78, 5) is 67.4. The Morgan fingerprint density at radius 1 is 0.971 bits per heavy atom. The number of rotatable bonds is 19. The van der Waals surface area contributed by atoms with Crippen LogP contribution in [0.3, 0.4) is 0 Å². The van der Waals surface area contributed by atoms with E-state index in [1.807, 2.05) is 57.5 Å². The normalized spacial score (nSPS) is 16.4. The van der Waals surface area contributed by atoms with Crippen LogP contribution in [-0.2, 0) is 41.4 Å². The summed E-state index contributed by atoms with van der Waals surface area (Å²) in [6, 6.07) is 12.6. The largest absolute Gasteiger partial charge is 0.478 e. The maximum atomic E-state index is 15.4. The van der Waals surface area contributed by atoms with Crippen LogP contribution in [0.5, 0.6) is 5.88 Å². The molecule has 0 spiro atoms. The Morgan fingerprint density at radius 3 is 2.30 bits per heavy atom. The molecular weight excluding hydrogens is 953 g/mol. The number of pyridine rings is 1. The molecule has 2 atom stereocenters. The molecule has 374 valence electrons. The summed E-state index contributed by atoms with van der Waals surface area (Å²) in [6.45, 7) is 13.6. The zero-order valence-electron chi connectivity index (χ0n) is 40.0. The number of anilines is 2. The molecule has 0 bridgehead atoms. The van der Waals surface area contributed by atoms with Crippen molar-refractivity contribution in [2.45, 2.75) is 104 Å². The fraction of sp³-hybridized carbons (Fsp3) is 0.469. The van der Waals surface area contributed by atoms with E-state index in [-0.39, 0.29) is 49.2 Å². The van der Waals surface area contributed by atoms with Crippen molar-refractivity contribution in [1.29, 1.82) is 5.26 Å². The Balaban J connectivity index is 0.895. The van der Waals surface area contributed by atoms with Crippen molar-refractivity contribution in [3.8, 4) is 22.4 Å². The van der Waals surface area contributed by atoms with Crippen LogP contribution in [0.2, 0.25) is 0 Å². The molecule has 2 N–H and O–H groups in total. The quantitative estimate of drug-likeness (QED) is 0.0530. The Labute approximate surface area is 413 Å². The molecular formula is C49H56F4N8O7S2. The number of thiazole rings is 1. The monoisotopic (exact) mass is 1010 g/mol. The average Bonchev–Trinajstić information content (AvgIpc) is 4.01. The number of carbonyl (C=O) groups excluding carboxylic acids is 4. The van der Waals surface area contributed by atoms with E-state index in [1.54, 1.807) is 35.3 Å². The number of thiocarbonyl (C=S) groups is 1. The van der Waals surface area contributed by atoms with Crippen LogP contribution in [0, 0.1) is 36.4 Å². The van der Waals surface area contributed by atoms with Gasteiger partial charge in [0, 0.05) is 25.8 Å². The predicted octanol–water partition coefficient (Wildman–Crippen LogP) is 7.80. The molecule has 2 aliphatic heterocycles. The first-order valence-corrected chi connectivity index (χ1v) is 24.0. The SMILES string of the molecule is Cc1nc(OCCCCOCCOCC(=O)N[C@H](C(=O)N2CCC[C@H]2C(=O)NCc2ccc(-c3scnc3C)cc2)C(C)(C)C)ccc1N1C(=S)N(c2ccc(C#N)c(C(F)(F)F)c2F)C(=O)C1(C)C. The molecule has 2 aliphatic rings. The van der Waals surface area contributed by atoms with Gasteiger partial charge in [0.1, 0.15) is 29.8 Å². The van der Waals surface area contributed by atoms with Gasteiger partial charge < -0.3 is 34.6 Å². The lowest BCUT2D eigenvalue weighted by Crippen LogP contribution is -2.58. The van der Waals surface area contributed by atoms with Gasteiger partial charge >= 0.3 is 6.18 Å². The highest BCUT2D eigenvalue weighted by atomic mass is 32.1. The van der Waals surface area contributed by atoms with Gasteiger partial charge in [0.2, 0.25) is 23.6 Å². The molecule has 4 aromatic rings. The van der Waals surface area contributed by atoms with Crippen LogP contribution < -0.4 is 25.2 Å². The number of nitrogens with zero attached hydrogens (tertiary/aromatic N) is 6. The number of alkyl halides is 3. The lowest BCUT2D eigenvalue weighted by atomic mass is 9.85. The summed E-state index contributed by atoms with van der Waals surface area (Å²) in [5, 5.41) is 14.7. The highest BCUT2D eigenvalue weighted by Gasteiger charge is 2.52. The third-order valence-electron chi connectivity index (χ3n) is 11.9. The highest BCUT2D eigenvalue weighted by molar-refractivity contribution is 7.81. The van der Waals surface area contributed by atoms with E-state index in [4.69, 9.17) is 26.4 Å². The highest BCUT2D eigenvalue weighted by Crippen LogP contribution is 2.42. The number of nitriles is 1. The fourth-order valence-electron chi connectivity index (χ4n) is 8.22. The molecule has 0 unspecified atom stereocenters. The zero-order chi connectivity index (χ0) is 51.1. The van der Waals surface area contributed by atoms with E-state index in [0.29, 0.717) is 61.7 Å². The molecule has 2 saturated heterocycles. The average molecular weight is 1010 g/mol. The molecule has 0 aliphatic carbocycles. The lowest BCUT2D eigenvalue weighted by molar-refractivity contribution is -0.144. The van der Waals surface area contributed by atoms with Gasteiger partial charge in [0.05, 0.1) is 64.6 Å². The minimum absolute atomic E-state index is 0.132. The molecule has 21 heteroatoms. The van der Waals surface area contributed by atoms with E-state index in [0.717, 1.165) is 33.8 Å².